The van der Waals surface area contributed by atoms with Gasteiger partial charge in [0.2, 0.25) is 0 Å². The fraction of sp³-hybridized carbons (Fsp3) is 0.0769. The van der Waals surface area contributed by atoms with Gasteiger partial charge in [0.15, 0.2) is 0 Å². The van der Waals surface area contributed by atoms with Gasteiger partial charge >= 0.3 is 0 Å². The molecule has 0 amide bonds. The Labute approximate surface area is 100 Å². The molecule has 0 aliphatic rings. The third-order valence-corrected chi connectivity index (χ3v) is 3.78. The first kappa shape index (κ1) is 11.8. The Bertz CT molecular complexity index is 700. The molecule has 88 valence electrons. The van der Waals surface area contributed by atoms with Gasteiger partial charge in [0.05, 0.1) is 0 Å². The van der Waals surface area contributed by atoms with Crippen LogP contribution in [0.5, 0.6) is 0 Å². The fourth-order valence-electron chi connectivity index (χ4n) is 1.98. The molecule has 0 atom stereocenters. The van der Waals surface area contributed by atoms with Gasteiger partial charge in [-0.3, -0.25) is 4.55 Å². The van der Waals surface area contributed by atoms with E-state index in [4.69, 9.17) is 0 Å². The van der Waals surface area contributed by atoms with Crippen LogP contribution in [0, 0.1) is 6.92 Å². The summed E-state index contributed by atoms with van der Waals surface area (Å²) in [7, 11) is -4.22. The van der Waals surface area contributed by atoms with Crippen molar-refractivity contribution in [2.24, 2.45) is 0 Å². The van der Waals surface area contributed by atoms with Crippen LogP contribution in [-0.4, -0.2) is 13.0 Å². The van der Waals surface area contributed by atoms with Gasteiger partial charge in [0, 0.05) is 5.39 Å². The molecule has 0 radical (unpaired) electrons. The van der Waals surface area contributed by atoms with Crippen molar-refractivity contribution in [2.75, 3.05) is 0 Å². The average Bonchev–Trinajstić information content (AvgIpc) is 2.25. The van der Waals surface area contributed by atoms with Crippen molar-refractivity contribution in [3.63, 3.8) is 0 Å². The summed E-state index contributed by atoms with van der Waals surface area (Å²) < 4.78 is 32.1. The van der Waals surface area contributed by atoms with Gasteiger partial charge in [-0.25, -0.2) is 0 Å². The minimum Gasteiger partial charge on any atom is -0.282 e. The molecule has 0 saturated heterocycles. The molecule has 3 nitrogen and oxygen atoms in total. The molecule has 4 heteroatoms. The third kappa shape index (κ3) is 1.97. The van der Waals surface area contributed by atoms with Crippen LogP contribution in [0.15, 0.2) is 41.8 Å². The molecule has 0 spiro atoms. The molecule has 0 aliphatic carbocycles. The molecule has 2 rings (SSSR count). The van der Waals surface area contributed by atoms with Crippen molar-refractivity contribution in [1.29, 1.82) is 0 Å². The summed E-state index contributed by atoms with van der Waals surface area (Å²) >= 11 is 0. The maximum atomic E-state index is 11.4. The summed E-state index contributed by atoms with van der Waals surface area (Å²) in [6.07, 6.45) is 1.66. The molecule has 0 unspecified atom stereocenters. The maximum Gasteiger partial charge on any atom is 0.295 e. The van der Waals surface area contributed by atoms with Crippen molar-refractivity contribution < 1.29 is 13.0 Å². The monoisotopic (exact) mass is 248 g/mol. The van der Waals surface area contributed by atoms with Gasteiger partial charge in [-0.2, -0.15) is 8.42 Å². The SMILES string of the molecule is C=Cc1cccc2c(S(=O)(=O)O)c(C)ccc12. The van der Waals surface area contributed by atoms with E-state index in [-0.39, 0.29) is 4.90 Å². The highest BCUT2D eigenvalue weighted by molar-refractivity contribution is 7.86. The van der Waals surface area contributed by atoms with Crippen molar-refractivity contribution in [3.05, 3.63) is 48.0 Å². The zero-order valence-corrected chi connectivity index (χ0v) is 10.2. The summed E-state index contributed by atoms with van der Waals surface area (Å²) in [4.78, 5) is -0.0290. The van der Waals surface area contributed by atoms with Crippen LogP contribution in [-0.2, 0) is 10.1 Å². The van der Waals surface area contributed by atoms with E-state index >= 15 is 0 Å². The predicted molar refractivity (Wildman–Crippen MR) is 68.6 cm³/mol. The van der Waals surface area contributed by atoms with E-state index in [1.807, 2.05) is 12.1 Å². The zero-order chi connectivity index (χ0) is 12.6. The van der Waals surface area contributed by atoms with Crippen molar-refractivity contribution in [3.8, 4) is 0 Å². The van der Waals surface area contributed by atoms with E-state index < -0.39 is 10.1 Å². The lowest BCUT2D eigenvalue weighted by molar-refractivity contribution is 0.483. The van der Waals surface area contributed by atoms with E-state index in [0.29, 0.717) is 10.9 Å². The standard InChI is InChI=1S/C13H12O3S/c1-3-10-5-4-6-12-11(10)8-7-9(2)13(12)17(14,15)16/h3-8H,1H2,2H3,(H,14,15,16). The van der Waals surface area contributed by atoms with Crippen LogP contribution >= 0.6 is 0 Å². The first-order valence-corrected chi connectivity index (χ1v) is 6.51. The topological polar surface area (TPSA) is 54.4 Å². The molecule has 0 aromatic heterocycles. The Morgan fingerprint density at radius 3 is 2.47 bits per heavy atom. The van der Waals surface area contributed by atoms with Crippen molar-refractivity contribution >= 4 is 27.0 Å². The lowest BCUT2D eigenvalue weighted by Crippen LogP contribution is -2.02. The molecule has 17 heavy (non-hydrogen) atoms. The molecule has 0 aliphatic heterocycles. The van der Waals surface area contributed by atoms with Crippen LogP contribution in [0.4, 0.5) is 0 Å². The van der Waals surface area contributed by atoms with E-state index in [9.17, 15) is 13.0 Å². The van der Waals surface area contributed by atoms with Crippen LogP contribution in [0.3, 0.4) is 0 Å². The molecule has 0 fully saturated rings. The second-order valence-electron chi connectivity index (χ2n) is 3.83. The lowest BCUT2D eigenvalue weighted by atomic mass is 10.0. The van der Waals surface area contributed by atoms with Crippen molar-refractivity contribution in [2.45, 2.75) is 11.8 Å². The Hall–Kier alpha value is -1.65. The van der Waals surface area contributed by atoms with Gasteiger partial charge in [0.25, 0.3) is 10.1 Å². The lowest BCUT2D eigenvalue weighted by Gasteiger charge is -2.09. The van der Waals surface area contributed by atoms with E-state index in [2.05, 4.69) is 6.58 Å². The fourth-order valence-corrected chi connectivity index (χ4v) is 2.91. The summed E-state index contributed by atoms with van der Waals surface area (Å²) in [6, 6.07) is 8.78. The zero-order valence-electron chi connectivity index (χ0n) is 9.34. The second kappa shape index (κ2) is 3.98. The first-order chi connectivity index (χ1) is 7.95. The number of hydrogen-bond acceptors (Lipinski definition) is 2. The Morgan fingerprint density at radius 2 is 1.88 bits per heavy atom. The van der Waals surface area contributed by atoms with Crippen LogP contribution in [0.25, 0.3) is 16.8 Å². The summed E-state index contributed by atoms with van der Waals surface area (Å²) in [5, 5.41) is 1.28. The maximum absolute atomic E-state index is 11.4. The van der Waals surface area contributed by atoms with Crippen LogP contribution in [0.1, 0.15) is 11.1 Å². The highest BCUT2D eigenvalue weighted by Gasteiger charge is 2.17. The number of hydrogen-bond donors (Lipinski definition) is 1. The predicted octanol–water partition coefficient (Wildman–Crippen LogP) is 3.04. The van der Waals surface area contributed by atoms with E-state index in [1.165, 1.54) is 0 Å². The van der Waals surface area contributed by atoms with Gasteiger partial charge in [-0.05, 0) is 23.4 Å². The van der Waals surface area contributed by atoms with Gasteiger partial charge in [0.1, 0.15) is 4.90 Å². The Kier molecular flexibility index (Phi) is 2.77. The minimum absolute atomic E-state index is 0.0290. The highest BCUT2D eigenvalue weighted by atomic mass is 32.2. The van der Waals surface area contributed by atoms with E-state index in [0.717, 1.165) is 10.9 Å². The summed E-state index contributed by atoms with van der Waals surface area (Å²) in [6.45, 7) is 5.34. The first-order valence-electron chi connectivity index (χ1n) is 5.07. The number of aryl methyl sites for hydroxylation is 1. The Morgan fingerprint density at radius 1 is 1.18 bits per heavy atom. The molecule has 0 saturated carbocycles. The van der Waals surface area contributed by atoms with Crippen molar-refractivity contribution in [1.82, 2.24) is 0 Å². The molecule has 2 aromatic rings. The normalized spacial score (nSPS) is 11.6. The average molecular weight is 248 g/mol. The van der Waals surface area contributed by atoms with Gasteiger partial charge in [-0.15, -0.1) is 0 Å². The molecule has 0 bridgehead atoms. The van der Waals surface area contributed by atoms with Crippen LogP contribution < -0.4 is 0 Å². The molecule has 0 heterocycles. The quantitative estimate of drug-likeness (QED) is 0.831. The summed E-state index contributed by atoms with van der Waals surface area (Å²) in [5.74, 6) is 0. The van der Waals surface area contributed by atoms with Crippen LogP contribution in [0.2, 0.25) is 0 Å². The van der Waals surface area contributed by atoms with Gasteiger partial charge in [-0.1, -0.05) is 43.0 Å². The molecular formula is C13H12O3S. The molecule has 2 aromatic carbocycles. The molecule has 1 N–H and O–H groups in total. The number of fused-ring (bicyclic) bond motifs is 1. The molecular weight excluding hydrogens is 236 g/mol. The number of rotatable bonds is 2. The second-order valence-corrected chi connectivity index (χ2v) is 5.19. The smallest absolute Gasteiger partial charge is 0.282 e. The van der Waals surface area contributed by atoms with E-state index in [1.54, 1.807) is 31.2 Å². The largest absolute Gasteiger partial charge is 0.295 e. The number of benzene rings is 2. The summed E-state index contributed by atoms with van der Waals surface area (Å²) in [5.41, 5.74) is 1.37. The van der Waals surface area contributed by atoms with Gasteiger partial charge < -0.3 is 0 Å². The Balaban J connectivity index is 3.03. The minimum atomic E-state index is -4.22. The third-order valence-electron chi connectivity index (χ3n) is 2.72. The highest BCUT2D eigenvalue weighted by Crippen LogP contribution is 2.28.